The Morgan fingerprint density at radius 2 is 1.82 bits per heavy atom. The first-order valence-corrected chi connectivity index (χ1v) is 6.17. The van der Waals surface area contributed by atoms with Gasteiger partial charge in [0.2, 0.25) is 0 Å². The van der Waals surface area contributed by atoms with E-state index in [1.54, 1.807) is 10.7 Å². The summed E-state index contributed by atoms with van der Waals surface area (Å²) in [7, 11) is 0. The summed E-state index contributed by atoms with van der Waals surface area (Å²) in [6, 6.07) is 11.5. The van der Waals surface area contributed by atoms with Crippen molar-refractivity contribution in [1.82, 2.24) is 14.6 Å². The summed E-state index contributed by atoms with van der Waals surface area (Å²) in [6.07, 6.45) is 1.73. The van der Waals surface area contributed by atoms with Crippen molar-refractivity contribution in [3.63, 3.8) is 0 Å². The van der Waals surface area contributed by atoms with E-state index in [-0.39, 0.29) is 0 Å². The van der Waals surface area contributed by atoms with Gasteiger partial charge in [-0.3, -0.25) is 0 Å². The quantitative estimate of drug-likeness (QED) is 0.684. The minimum Gasteiger partial charge on any atom is -0.234 e. The van der Waals surface area contributed by atoms with Crippen molar-refractivity contribution in [2.45, 2.75) is 0 Å². The van der Waals surface area contributed by atoms with Crippen molar-refractivity contribution < 1.29 is 0 Å². The number of halogens is 2. The summed E-state index contributed by atoms with van der Waals surface area (Å²) in [5, 5.41) is 5.22. The molecular weight excluding hydrogens is 302 g/mol. The number of nitrogens with zero attached hydrogens (tertiary/aromatic N) is 3. The minimum absolute atomic E-state index is 0.721. The molecule has 2 heterocycles. The Hall–Kier alpha value is -1.39. The van der Waals surface area contributed by atoms with Crippen molar-refractivity contribution in [2.24, 2.45) is 0 Å². The molecule has 84 valence electrons. The zero-order valence-corrected chi connectivity index (χ0v) is 11.0. The molecule has 0 atom stereocenters. The van der Waals surface area contributed by atoms with Gasteiger partial charge in [0.15, 0.2) is 5.65 Å². The van der Waals surface area contributed by atoms with Gasteiger partial charge in [0.05, 0.1) is 11.9 Å². The van der Waals surface area contributed by atoms with Crippen LogP contribution in [0.5, 0.6) is 0 Å². The normalized spacial score (nSPS) is 10.9. The first-order chi connectivity index (χ1) is 8.24. The van der Waals surface area contributed by atoms with Crippen LogP contribution in [0.25, 0.3) is 16.9 Å². The number of hydrogen-bond acceptors (Lipinski definition) is 2. The molecule has 0 aliphatic carbocycles. The molecule has 0 aliphatic heterocycles. The van der Waals surface area contributed by atoms with E-state index in [0.29, 0.717) is 0 Å². The minimum atomic E-state index is 0.721. The number of rotatable bonds is 1. The maximum atomic E-state index is 5.86. The van der Waals surface area contributed by atoms with Gasteiger partial charge < -0.3 is 0 Å². The molecule has 2 aromatic heterocycles. The molecular formula is C12H7BrClN3. The Morgan fingerprint density at radius 3 is 2.59 bits per heavy atom. The zero-order chi connectivity index (χ0) is 11.8. The van der Waals surface area contributed by atoms with Crippen molar-refractivity contribution in [3.8, 4) is 11.3 Å². The van der Waals surface area contributed by atoms with E-state index in [4.69, 9.17) is 11.6 Å². The zero-order valence-electron chi connectivity index (χ0n) is 8.64. The van der Waals surface area contributed by atoms with Crippen molar-refractivity contribution in [3.05, 3.63) is 52.2 Å². The molecule has 0 N–H and O–H groups in total. The summed E-state index contributed by atoms with van der Waals surface area (Å²) in [6.45, 7) is 0. The lowest BCUT2D eigenvalue weighted by atomic mass is 10.1. The lowest BCUT2D eigenvalue weighted by molar-refractivity contribution is 0.922. The first-order valence-electron chi connectivity index (χ1n) is 5.00. The van der Waals surface area contributed by atoms with E-state index in [1.807, 2.05) is 36.4 Å². The standard InChI is InChI=1S/C12H7BrClN3/c13-11-7-15-12-6-5-10(16-17(11)12)8-1-3-9(14)4-2-8/h1-7H. The molecule has 0 amide bonds. The average Bonchev–Trinajstić information content (AvgIpc) is 2.72. The monoisotopic (exact) mass is 307 g/mol. The maximum Gasteiger partial charge on any atom is 0.154 e. The summed E-state index contributed by atoms with van der Waals surface area (Å²) in [5.74, 6) is 0. The Bertz CT molecular complexity index is 676. The van der Waals surface area contributed by atoms with Crippen molar-refractivity contribution >= 4 is 33.2 Å². The number of fused-ring (bicyclic) bond motifs is 1. The Kier molecular flexibility index (Phi) is 2.61. The number of aromatic nitrogens is 3. The predicted molar refractivity (Wildman–Crippen MR) is 71.1 cm³/mol. The highest BCUT2D eigenvalue weighted by molar-refractivity contribution is 9.10. The molecule has 0 fully saturated rings. The van der Waals surface area contributed by atoms with E-state index >= 15 is 0 Å². The summed E-state index contributed by atoms with van der Waals surface area (Å²) in [4.78, 5) is 4.20. The van der Waals surface area contributed by atoms with Crippen LogP contribution in [0.15, 0.2) is 47.2 Å². The van der Waals surface area contributed by atoms with Crippen LogP contribution in [-0.2, 0) is 0 Å². The van der Waals surface area contributed by atoms with Crippen LogP contribution >= 0.6 is 27.5 Å². The molecule has 0 saturated heterocycles. The van der Waals surface area contributed by atoms with E-state index < -0.39 is 0 Å². The molecule has 0 spiro atoms. The van der Waals surface area contributed by atoms with Crippen LogP contribution in [0.3, 0.4) is 0 Å². The van der Waals surface area contributed by atoms with E-state index in [1.165, 1.54) is 0 Å². The third-order valence-corrected chi connectivity index (χ3v) is 3.25. The smallest absolute Gasteiger partial charge is 0.154 e. The SMILES string of the molecule is Clc1ccc(-c2ccc3ncc(Br)n3n2)cc1. The van der Waals surface area contributed by atoms with Crippen LogP contribution in [-0.4, -0.2) is 14.6 Å². The Labute approximate surface area is 111 Å². The first kappa shape index (κ1) is 10.7. The van der Waals surface area contributed by atoms with Gasteiger partial charge >= 0.3 is 0 Å². The number of benzene rings is 1. The topological polar surface area (TPSA) is 30.2 Å². The van der Waals surface area contributed by atoms with Crippen LogP contribution in [0, 0.1) is 0 Å². The lowest BCUT2D eigenvalue weighted by Crippen LogP contribution is -1.94. The maximum absolute atomic E-state index is 5.86. The fraction of sp³-hybridized carbons (Fsp3) is 0. The third-order valence-electron chi connectivity index (χ3n) is 2.46. The van der Waals surface area contributed by atoms with E-state index in [9.17, 15) is 0 Å². The van der Waals surface area contributed by atoms with Gasteiger partial charge in [0, 0.05) is 10.6 Å². The van der Waals surface area contributed by atoms with Gasteiger partial charge in [-0.05, 0) is 40.2 Å². The second-order valence-electron chi connectivity index (χ2n) is 3.58. The van der Waals surface area contributed by atoms with Crippen molar-refractivity contribution in [2.75, 3.05) is 0 Å². The molecule has 0 radical (unpaired) electrons. The Balaban J connectivity index is 2.17. The highest BCUT2D eigenvalue weighted by atomic mass is 79.9. The largest absolute Gasteiger partial charge is 0.234 e. The highest BCUT2D eigenvalue weighted by Crippen LogP contribution is 2.21. The Morgan fingerprint density at radius 1 is 1.06 bits per heavy atom. The molecule has 3 nitrogen and oxygen atoms in total. The second kappa shape index (κ2) is 4.13. The van der Waals surface area contributed by atoms with Gasteiger partial charge in [-0.1, -0.05) is 23.7 Å². The fourth-order valence-corrected chi connectivity index (χ4v) is 2.11. The number of hydrogen-bond donors (Lipinski definition) is 0. The van der Waals surface area contributed by atoms with Gasteiger partial charge in [-0.25, -0.2) is 9.50 Å². The van der Waals surface area contributed by atoms with Crippen LogP contribution < -0.4 is 0 Å². The van der Waals surface area contributed by atoms with Gasteiger partial charge in [0.25, 0.3) is 0 Å². The predicted octanol–water partition coefficient (Wildman–Crippen LogP) is 3.81. The van der Waals surface area contributed by atoms with E-state index in [0.717, 1.165) is 26.5 Å². The molecule has 0 aliphatic rings. The van der Waals surface area contributed by atoms with E-state index in [2.05, 4.69) is 26.0 Å². The molecule has 1 aromatic carbocycles. The molecule has 3 rings (SSSR count). The van der Waals surface area contributed by atoms with Crippen LogP contribution in [0.4, 0.5) is 0 Å². The molecule has 0 bridgehead atoms. The molecule has 0 unspecified atom stereocenters. The molecule has 3 aromatic rings. The summed E-state index contributed by atoms with van der Waals surface area (Å²) >= 11 is 9.26. The molecule has 5 heteroatoms. The van der Waals surface area contributed by atoms with Gasteiger partial charge in [-0.15, -0.1) is 0 Å². The number of imidazole rings is 1. The second-order valence-corrected chi connectivity index (χ2v) is 4.83. The lowest BCUT2D eigenvalue weighted by Gasteiger charge is -2.02. The van der Waals surface area contributed by atoms with Crippen molar-refractivity contribution in [1.29, 1.82) is 0 Å². The van der Waals surface area contributed by atoms with Gasteiger partial charge in [0.1, 0.15) is 4.60 Å². The fourth-order valence-electron chi connectivity index (χ4n) is 1.62. The molecule has 0 saturated carbocycles. The summed E-state index contributed by atoms with van der Waals surface area (Å²) < 4.78 is 2.59. The summed E-state index contributed by atoms with van der Waals surface area (Å²) in [5.41, 5.74) is 2.72. The molecule has 17 heavy (non-hydrogen) atoms. The highest BCUT2D eigenvalue weighted by Gasteiger charge is 2.04. The van der Waals surface area contributed by atoms with Crippen LogP contribution in [0.2, 0.25) is 5.02 Å². The third kappa shape index (κ3) is 1.94. The average molecular weight is 309 g/mol. The van der Waals surface area contributed by atoms with Gasteiger partial charge in [-0.2, -0.15) is 5.10 Å². The van der Waals surface area contributed by atoms with Crippen LogP contribution in [0.1, 0.15) is 0 Å².